The van der Waals surface area contributed by atoms with Crippen LogP contribution in [0, 0.1) is 10.1 Å². The predicted octanol–water partition coefficient (Wildman–Crippen LogP) is 2.42. The predicted molar refractivity (Wildman–Crippen MR) is 58.9 cm³/mol. The number of halogens is 3. The summed E-state index contributed by atoms with van der Waals surface area (Å²) in [6.07, 6.45) is -4.50. The van der Waals surface area contributed by atoms with Crippen LogP contribution in [0.2, 0.25) is 0 Å². The van der Waals surface area contributed by atoms with Gasteiger partial charge in [-0.05, 0) is 6.07 Å². The highest BCUT2D eigenvalue weighted by atomic mass is 19.4. The van der Waals surface area contributed by atoms with Gasteiger partial charge in [0, 0.05) is 19.2 Å². The molecule has 0 aliphatic heterocycles. The molecule has 9 heteroatoms. The van der Waals surface area contributed by atoms with E-state index in [1.807, 2.05) is 0 Å². The fourth-order valence-electron chi connectivity index (χ4n) is 1.59. The lowest BCUT2D eigenvalue weighted by atomic mass is 10.2. The normalized spacial score (nSPS) is 11.8. The van der Waals surface area contributed by atoms with Crippen LogP contribution in [0.1, 0.15) is 0 Å². The number of aryl methyl sites for hydroxylation is 1. The van der Waals surface area contributed by atoms with Crippen molar-refractivity contribution in [2.75, 3.05) is 6.61 Å². The number of rotatable bonds is 3. The molecule has 6 nitrogen and oxygen atoms in total. The number of nitro groups is 1. The molecule has 19 heavy (non-hydrogen) atoms. The van der Waals surface area contributed by atoms with E-state index >= 15 is 0 Å². The molecule has 0 unspecified atom stereocenters. The molecule has 1 aromatic heterocycles. The van der Waals surface area contributed by atoms with Gasteiger partial charge < -0.3 is 4.74 Å². The first-order valence-electron chi connectivity index (χ1n) is 5.08. The Hall–Kier alpha value is -2.32. The number of nitro benzene ring substituents is 1. The smallest absolute Gasteiger partial charge is 0.422 e. The Morgan fingerprint density at radius 2 is 2.16 bits per heavy atom. The molecule has 0 aliphatic carbocycles. The molecule has 0 amide bonds. The Kier molecular flexibility index (Phi) is 3.05. The Bertz CT molecular complexity index is 636. The van der Waals surface area contributed by atoms with Gasteiger partial charge in [-0.25, -0.2) is 0 Å². The van der Waals surface area contributed by atoms with Crippen molar-refractivity contribution in [3.63, 3.8) is 0 Å². The number of alkyl halides is 3. The van der Waals surface area contributed by atoms with Crippen molar-refractivity contribution in [2.24, 2.45) is 7.05 Å². The summed E-state index contributed by atoms with van der Waals surface area (Å²) in [7, 11) is 1.51. The third-order valence-corrected chi connectivity index (χ3v) is 2.38. The van der Waals surface area contributed by atoms with Crippen LogP contribution in [0.5, 0.6) is 5.88 Å². The van der Waals surface area contributed by atoms with Gasteiger partial charge >= 0.3 is 6.18 Å². The third kappa shape index (κ3) is 2.75. The SMILES string of the molecule is Cn1nc(OCC(F)(F)F)c2cc([N+](=O)[O-])ccc21. The highest BCUT2D eigenvalue weighted by Crippen LogP contribution is 2.29. The maximum atomic E-state index is 12.1. The Balaban J connectivity index is 2.43. The summed E-state index contributed by atoms with van der Waals surface area (Å²) in [4.78, 5) is 10.00. The van der Waals surface area contributed by atoms with Gasteiger partial charge in [0.25, 0.3) is 5.69 Å². The lowest BCUT2D eigenvalue weighted by molar-refractivity contribution is -0.384. The number of fused-ring (bicyclic) bond motifs is 1. The van der Waals surface area contributed by atoms with Gasteiger partial charge in [-0.2, -0.15) is 13.2 Å². The molecule has 2 aromatic rings. The topological polar surface area (TPSA) is 70.2 Å². The first kappa shape index (κ1) is 13.1. The second kappa shape index (κ2) is 4.41. The molecule has 0 aliphatic rings. The summed E-state index contributed by atoms with van der Waals surface area (Å²) >= 11 is 0. The van der Waals surface area contributed by atoms with Crippen molar-refractivity contribution >= 4 is 16.6 Å². The maximum absolute atomic E-state index is 12.1. The highest BCUT2D eigenvalue weighted by Gasteiger charge is 2.29. The van der Waals surface area contributed by atoms with Crippen LogP contribution < -0.4 is 4.74 Å². The number of hydrogen-bond donors (Lipinski definition) is 0. The van der Waals surface area contributed by atoms with E-state index in [0.717, 1.165) is 6.07 Å². The molecular weight excluding hydrogens is 267 g/mol. The highest BCUT2D eigenvalue weighted by molar-refractivity contribution is 5.86. The van der Waals surface area contributed by atoms with Crippen molar-refractivity contribution in [3.8, 4) is 5.88 Å². The Morgan fingerprint density at radius 1 is 1.47 bits per heavy atom. The molecule has 0 saturated heterocycles. The second-order valence-corrected chi connectivity index (χ2v) is 3.79. The van der Waals surface area contributed by atoms with Gasteiger partial charge in [-0.15, -0.1) is 5.10 Å². The fraction of sp³-hybridized carbons (Fsp3) is 0.300. The van der Waals surface area contributed by atoms with E-state index in [-0.39, 0.29) is 17.0 Å². The molecule has 1 aromatic carbocycles. The van der Waals surface area contributed by atoms with Crippen molar-refractivity contribution < 1.29 is 22.8 Å². The molecule has 0 fully saturated rings. The number of ether oxygens (including phenoxy) is 1. The number of hydrogen-bond acceptors (Lipinski definition) is 4. The van der Waals surface area contributed by atoms with Gasteiger partial charge in [-0.3, -0.25) is 14.8 Å². The van der Waals surface area contributed by atoms with Gasteiger partial charge in [0.2, 0.25) is 5.88 Å². The fourth-order valence-corrected chi connectivity index (χ4v) is 1.59. The minimum absolute atomic E-state index is 0.168. The van der Waals surface area contributed by atoms with Crippen molar-refractivity contribution in [1.29, 1.82) is 0 Å². The average Bonchev–Trinajstić information content (AvgIpc) is 2.62. The molecule has 0 saturated carbocycles. The van der Waals surface area contributed by atoms with Gasteiger partial charge in [0.15, 0.2) is 6.61 Å². The van der Waals surface area contributed by atoms with E-state index in [9.17, 15) is 23.3 Å². The van der Waals surface area contributed by atoms with E-state index in [1.165, 1.54) is 23.9 Å². The number of benzene rings is 1. The quantitative estimate of drug-likeness (QED) is 0.637. The summed E-state index contributed by atoms with van der Waals surface area (Å²) < 4.78 is 42.1. The lowest BCUT2D eigenvalue weighted by Crippen LogP contribution is -2.19. The van der Waals surface area contributed by atoms with E-state index in [0.29, 0.717) is 5.52 Å². The van der Waals surface area contributed by atoms with E-state index in [1.54, 1.807) is 0 Å². The van der Waals surface area contributed by atoms with Gasteiger partial charge in [0.1, 0.15) is 0 Å². The molecule has 1 heterocycles. The minimum Gasteiger partial charge on any atom is -0.467 e. The van der Waals surface area contributed by atoms with Gasteiger partial charge in [0.05, 0.1) is 15.8 Å². The van der Waals surface area contributed by atoms with Crippen LogP contribution >= 0.6 is 0 Å². The van der Waals surface area contributed by atoms with Gasteiger partial charge in [-0.1, -0.05) is 0 Å². The third-order valence-electron chi connectivity index (χ3n) is 2.38. The number of aromatic nitrogens is 2. The molecule has 0 radical (unpaired) electrons. The van der Waals surface area contributed by atoms with E-state index in [2.05, 4.69) is 9.84 Å². The van der Waals surface area contributed by atoms with Crippen LogP contribution in [0.4, 0.5) is 18.9 Å². The summed E-state index contributed by atoms with van der Waals surface area (Å²) in [6.45, 7) is -1.50. The van der Waals surface area contributed by atoms with Crippen molar-refractivity contribution in [3.05, 3.63) is 28.3 Å². The van der Waals surface area contributed by atoms with Crippen LogP contribution in [-0.4, -0.2) is 27.5 Å². The van der Waals surface area contributed by atoms with Crippen LogP contribution in [-0.2, 0) is 7.05 Å². The second-order valence-electron chi connectivity index (χ2n) is 3.79. The van der Waals surface area contributed by atoms with E-state index < -0.39 is 17.7 Å². The summed E-state index contributed by atoms with van der Waals surface area (Å²) in [5.74, 6) is -0.279. The lowest BCUT2D eigenvalue weighted by Gasteiger charge is -2.06. The number of nitrogens with zero attached hydrogens (tertiary/aromatic N) is 3. The largest absolute Gasteiger partial charge is 0.467 e. The van der Waals surface area contributed by atoms with Crippen molar-refractivity contribution in [2.45, 2.75) is 6.18 Å². The van der Waals surface area contributed by atoms with Crippen LogP contribution in [0.3, 0.4) is 0 Å². The summed E-state index contributed by atoms with van der Waals surface area (Å²) in [5, 5.41) is 14.6. The molecule has 102 valence electrons. The van der Waals surface area contributed by atoms with Crippen molar-refractivity contribution in [1.82, 2.24) is 9.78 Å². The molecular formula is C10H8F3N3O3. The molecule has 0 bridgehead atoms. The minimum atomic E-state index is -4.50. The Labute approximate surface area is 104 Å². The maximum Gasteiger partial charge on any atom is 0.422 e. The first-order chi connectivity index (χ1) is 8.78. The van der Waals surface area contributed by atoms with Crippen LogP contribution in [0.15, 0.2) is 18.2 Å². The average molecular weight is 275 g/mol. The molecule has 0 atom stereocenters. The molecule has 2 rings (SSSR count). The zero-order valence-electron chi connectivity index (χ0n) is 9.64. The Morgan fingerprint density at radius 3 is 2.74 bits per heavy atom. The van der Waals surface area contributed by atoms with Crippen LogP contribution in [0.25, 0.3) is 10.9 Å². The monoisotopic (exact) mass is 275 g/mol. The van der Waals surface area contributed by atoms with E-state index in [4.69, 9.17) is 0 Å². The summed E-state index contributed by atoms with van der Waals surface area (Å²) in [6, 6.07) is 3.78. The number of non-ortho nitro benzene ring substituents is 1. The molecule has 0 spiro atoms. The first-order valence-corrected chi connectivity index (χ1v) is 5.08. The molecule has 0 N–H and O–H groups in total. The standard InChI is InChI=1S/C10H8F3N3O3/c1-15-8-3-2-6(16(17)18)4-7(8)9(14-15)19-5-10(11,12)13/h2-4H,5H2,1H3. The summed E-state index contributed by atoms with van der Waals surface area (Å²) in [5.41, 5.74) is 0.208. The zero-order chi connectivity index (χ0) is 14.2. The zero-order valence-corrected chi connectivity index (χ0v) is 9.64.